The fourth-order valence-corrected chi connectivity index (χ4v) is 3.73. The van der Waals surface area contributed by atoms with Crippen LogP contribution in [0.5, 0.6) is 0 Å². The van der Waals surface area contributed by atoms with E-state index >= 15 is 0 Å². The van der Waals surface area contributed by atoms with Crippen molar-refractivity contribution in [3.63, 3.8) is 0 Å². The van der Waals surface area contributed by atoms with Gasteiger partial charge in [-0.25, -0.2) is 0 Å². The van der Waals surface area contributed by atoms with Gasteiger partial charge in [-0.15, -0.1) is 0 Å². The van der Waals surface area contributed by atoms with E-state index in [2.05, 4.69) is 21.2 Å². The molecule has 0 unspecified atom stereocenters. The normalized spacial score (nSPS) is 16.0. The lowest BCUT2D eigenvalue weighted by Gasteiger charge is -2.12. The van der Waals surface area contributed by atoms with E-state index in [1.165, 1.54) is 0 Å². The zero-order valence-electron chi connectivity index (χ0n) is 15.0. The Morgan fingerprint density at radius 3 is 2.46 bits per heavy atom. The van der Waals surface area contributed by atoms with Crippen LogP contribution in [-0.2, 0) is 9.59 Å². The summed E-state index contributed by atoms with van der Waals surface area (Å²) >= 11 is 4.16. The summed E-state index contributed by atoms with van der Waals surface area (Å²) < 4.78 is 0.889. The van der Waals surface area contributed by atoms with Crippen LogP contribution in [0.25, 0.3) is 6.08 Å². The fraction of sp³-hybridized carbons (Fsp3) is 0.0952. The Bertz CT molecular complexity index is 969. The molecule has 0 radical (unpaired) electrons. The molecular formula is C21H17BrN2O3S. The smallest absolute Gasteiger partial charge is 0.294 e. The molecule has 0 aliphatic carbocycles. The lowest BCUT2D eigenvalue weighted by molar-refractivity contribution is -0.127. The van der Waals surface area contributed by atoms with Gasteiger partial charge in [-0.2, -0.15) is 0 Å². The van der Waals surface area contributed by atoms with Gasteiger partial charge in [-0.1, -0.05) is 52.3 Å². The zero-order valence-corrected chi connectivity index (χ0v) is 17.4. The number of nitrogens with one attached hydrogen (secondary N) is 1. The summed E-state index contributed by atoms with van der Waals surface area (Å²) in [7, 11) is 0. The van der Waals surface area contributed by atoms with Gasteiger partial charge in [0.1, 0.15) is 6.54 Å². The standard InChI is InChI=1S/C21H17BrN2O3S/c1-14(11-15-5-3-2-4-6-15)12-18-20(26)24(21(27)28-18)13-19(25)23-17-9-7-16(22)8-10-17/h2-12H,13H2,1H3,(H,23,25)/b14-11+,18-12+. The molecule has 3 rings (SSSR count). The van der Waals surface area contributed by atoms with E-state index in [0.717, 1.165) is 32.3 Å². The summed E-state index contributed by atoms with van der Waals surface area (Å²) in [5.74, 6) is -0.885. The van der Waals surface area contributed by atoms with E-state index < -0.39 is 17.1 Å². The minimum atomic E-state index is -0.457. The number of anilines is 1. The third-order valence-electron chi connectivity index (χ3n) is 3.86. The van der Waals surface area contributed by atoms with Crippen LogP contribution in [0.2, 0.25) is 0 Å². The monoisotopic (exact) mass is 456 g/mol. The van der Waals surface area contributed by atoms with Gasteiger partial charge in [0.05, 0.1) is 4.91 Å². The Morgan fingerprint density at radius 1 is 1.11 bits per heavy atom. The van der Waals surface area contributed by atoms with Crippen LogP contribution in [0.3, 0.4) is 0 Å². The van der Waals surface area contributed by atoms with Gasteiger partial charge >= 0.3 is 0 Å². The molecule has 2 aromatic carbocycles. The van der Waals surface area contributed by atoms with Gasteiger partial charge in [-0.05, 0) is 60.2 Å². The number of amides is 3. The SMILES string of the molecule is CC(=C\c1ccccc1)/C=C1/SC(=O)N(CC(=O)Nc2ccc(Br)cc2)C1=O. The molecule has 0 spiro atoms. The van der Waals surface area contributed by atoms with Crippen LogP contribution >= 0.6 is 27.7 Å². The largest absolute Gasteiger partial charge is 0.325 e. The summed E-state index contributed by atoms with van der Waals surface area (Å²) in [6.07, 6.45) is 3.60. The summed E-state index contributed by atoms with van der Waals surface area (Å²) in [6.45, 7) is 1.54. The molecule has 1 aliphatic rings. The van der Waals surface area contributed by atoms with Crippen molar-refractivity contribution in [2.24, 2.45) is 0 Å². The molecule has 0 bridgehead atoms. The van der Waals surface area contributed by atoms with E-state index in [0.29, 0.717) is 10.6 Å². The van der Waals surface area contributed by atoms with Crippen molar-refractivity contribution in [1.29, 1.82) is 0 Å². The number of hydrogen-bond donors (Lipinski definition) is 1. The first-order valence-corrected chi connectivity index (χ1v) is 10.1. The Kier molecular flexibility index (Phi) is 6.49. The van der Waals surface area contributed by atoms with E-state index in [4.69, 9.17) is 0 Å². The lowest BCUT2D eigenvalue weighted by Crippen LogP contribution is -2.36. The van der Waals surface area contributed by atoms with Crippen LogP contribution in [0.1, 0.15) is 12.5 Å². The van der Waals surface area contributed by atoms with Gasteiger partial charge in [0, 0.05) is 10.2 Å². The maximum atomic E-state index is 12.5. The number of imide groups is 1. The van der Waals surface area contributed by atoms with Gasteiger partial charge < -0.3 is 5.32 Å². The van der Waals surface area contributed by atoms with E-state index in [1.807, 2.05) is 43.3 Å². The highest BCUT2D eigenvalue weighted by Gasteiger charge is 2.36. The molecule has 3 amide bonds. The second-order valence-electron chi connectivity index (χ2n) is 6.12. The molecule has 1 saturated heterocycles. The quantitative estimate of drug-likeness (QED) is 0.637. The maximum absolute atomic E-state index is 12.5. The predicted molar refractivity (Wildman–Crippen MR) is 116 cm³/mol. The average molecular weight is 457 g/mol. The van der Waals surface area contributed by atoms with Crippen molar-refractivity contribution in [3.05, 3.63) is 81.2 Å². The van der Waals surface area contributed by atoms with Crippen molar-refractivity contribution in [1.82, 2.24) is 4.90 Å². The number of hydrogen-bond acceptors (Lipinski definition) is 4. The highest BCUT2D eigenvalue weighted by molar-refractivity contribution is 9.10. The first kappa shape index (κ1) is 20.1. The zero-order chi connectivity index (χ0) is 20.1. The highest BCUT2D eigenvalue weighted by atomic mass is 79.9. The molecule has 1 heterocycles. The number of halogens is 1. The molecule has 1 fully saturated rings. The third-order valence-corrected chi connectivity index (χ3v) is 5.29. The van der Waals surface area contributed by atoms with Crippen LogP contribution < -0.4 is 5.32 Å². The van der Waals surface area contributed by atoms with E-state index in [9.17, 15) is 14.4 Å². The maximum Gasteiger partial charge on any atom is 0.294 e. The highest BCUT2D eigenvalue weighted by Crippen LogP contribution is 2.31. The Balaban J connectivity index is 1.66. The van der Waals surface area contributed by atoms with E-state index in [1.54, 1.807) is 30.3 Å². The molecule has 7 heteroatoms. The summed E-state index contributed by atoms with van der Waals surface area (Å²) in [6, 6.07) is 16.7. The molecule has 28 heavy (non-hydrogen) atoms. The molecule has 0 atom stereocenters. The molecule has 2 aromatic rings. The number of thioether (sulfide) groups is 1. The molecule has 0 saturated carbocycles. The molecule has 1 aliphatic heterocycles. The Labute approximate surface area is 175 Å². The van der Waals surface area contributed by atoms with E-state index in [-0.39, 0.29) is 6.54 Å². The first-order chi connectivity index (χ1) is 13.4. The Hall–Kier alpha value is -2.64. The number of carbonyl (C=O) groups excluding carboxylic acids is 3. The van der Waals surface area contributed by atoms with Crippen LogP contribution in [0.15, 0.2) is 75.6 Å². The fourth-order valence-electron chi connectivity index (χ4n) is 2.57. The number of rotatable bonds is 5. The van der Waals surface area contributed by atoms with Crippen molar-refractivity contribution in [2.45, 2.75) is 6.92 Å². The van der Waals surface area contributed by atoms with Crippen molar-refractivity contribution >= 4 is 56.5 Å². The van der Waals surface area contributed by atoms with Crippen LogP contribution in [0, 0.1) is 0 Å². The van der Waals surface area contributed by atoms with Crippen LogP contribution in [-0.4, -0.2) is 28.5 Å². The number of allylic oxidation sites excluding steroid dienone is 2. The molecular weight excluding hydrogens is 440 g/mol. The van der Waals surface area contributed by atoms with Gasteiger partial charge in [0.25, 0.3) is 11.1 Å². The minimum absolute atomic E-state index is 0.311. The second kappa shape index (κ2) is 9.03. The van der Waals surface area contributed by atoms with Crippen LogP contribution in [0.4, 0.5) is 10.5 Å². The summed E-state index contributed by atoms with van der Waals surface area (Å²) in [5.41, 5.74) is 2.44. The van der Waals surface area contributed by atoms with Crippen molar-refractivity contribution in [3.8, 4) is 0 Å². The third kappa shape index (κ3) is 5.21. The molecule has 1 N–H and O–H groups in total. The van der Waals surface area contributed by atoms with Crippen molar-refractivity contribution in [2.75, 3.05) is 11.9 Å². The number of nitrogens with zero attached hydrogens (tertiary/aromatic N) is 1. The topological polar surface area (TPSA) is 66.5 Å². The predicted octanol–water partition coefficient (Wildman–Crippen LogP) is 5.07. The average Bonchev–Trinajstić information content (AvgIpc) is 2.91. The van der Waals surface area contributed by atoms with Gasteiger partial charge in [0.2, 0.25) is 5.91 Å². The summed E-state index contributed by atoms with van der Waals surface area (Å²) in [5, 5.41) is 2.23. The second-order valence-corrected chi connectivity index (χ2v) is 8.03. The van der Waals surface area contributed by atoms with Gasteiger partial charge in [-0.3, -0.25) is 19.3 Å². The van der Waals surface area contributed by atoms with Crippen molar-refractivity contribution < 1.29 is 14.4 Å². The molecule has 0 aromatic heterocycles. The van der Waals surface area contributed by atoms with Gasteiger partial charge in [0.15, 0.2) is 0 Å². The summed E-state index contributed by atoms with van der Waals surface area (Å²) in [4.78, 5) is 38.2. The minimum Gasteiger partial charge on any atom is -0.325 e. The number of benzene rings is 2. The lowest BCUT2D eigenvalue weighted by atomic mass is 10.1. The number of carbonyl (C=O) groups is 3. The molecule has 5 nitrogen and oxygen atoms in total. The Morgan fingerprint density at radius 2 is 1.79 bits per heavy atom. The first-order valence-electron chi connectivity index (χ1n) is 8.46. The molecule has 142 valence electrons.